The average Bonchev–Trinajstić information content (AvgIpc) is 3.07. The van der Waals surface area contributed by atoms with Crippen molar-refractivity contribution in [2.24, 2.45) is 10.9 Å². The lowest BCUT2D eigenvalue weighted by molar-refractivity contribution is 0.181. The third-order valence-electron chi connectivity index (χ3n) is 5.55. The maximum atomic E-state index is 5.52. The van der Waals surface area contributed by atoms with Crippen molar-refractivity contribution in [3.8, 4) is 0 Å². The fourth-order valence-corrected chi connectivity index (χ4v) is 4.11. The lowest BCUT2D eigenvalue weighted by Crippen LogP contribution is -2.44. The number of nitrogens with zero attached hydrogens (tertiary/aromatic N) is 2. The molecule has 4 nitrogen and oxygen atoms in total. The Morgan fingerprint density at radius 2 is 2.12 bits per heavy atom. The lowest BCUT2D eigenvalue weighted by atomic mass is 9.64. The molecule has 138 valence electrons. The molecule has 1 aliphatic carbocycles. The van der Waals surface area contributed by atoms with Gasteiger partial charge in [0.25, 0.3) is 0 Å². The van der Waals surface area contributed by atoms with E-state index in [4.69, 9.17) is 9.73 Å². The van der Waals surface area contributed by atoms with E-state index in [1.165, 1.54) is 24.8 Å². The van der Waals surface area contributed by atoms with Crippen molar-refractivity contribution in [3.63, 3.8) is 0 Å². The zero-order chi connectivity index (χ0) is 17.7. The van der Waals surface area contributed by atoms with Crippen LogP contribution in [0.1, 0.15) is 38.2 Å². The summed E-state index contributed by atoms with van der Waals surface area (Å²) in [5, 5.41) is 3.47. The summed E-state index contributed by atoms with van der Waals surface area (Å²) in [5.41, 5.74) is 1.65. The normalized spacial score (nSPS) is 22.5. The van der Waals surface area contributed by atoms with E-state index in [1.54, 1.807) is 0 Å². The molecule has 3 rings (SSSR count). The lowest BCUT2D eigenvalue weighted by Gasteiger charge is -2.41. The summed E-state index contributed by atoms with van der Waals surface area (Å²) >= 11 is 3.54. The Hall–Kier alpha value is -1.07. The molecule has 1 unspecified atom stereocenters. The summed E-state index contributed by atoms with van der Waals surface area (Å²) in [4.78, 5) is 7.30. The van der Waals surface area contributed by atoms with Gasteiger partial charge in [0, 0.05) is 42.5 Å². The number of aliphatic imine (C=N–C) groups is 1. The van der Waals surface area contributed by atoms with E-state index in [2.05, 4.69) is 64.4 Å². The number of nitrogens with one attached hydrogen (secondary N) is 1. The Balaban J connectivity index is 1.69. The summed E-state index contributed by atoms with van der Waals surface area (Å²) < 4.78 is 6.66. The van der Waals surface area contributed by atoms with Gasteiger partial charge >= 0.3 is 0 Å². The molecule has 1 saturated carbocycles. The first-order valence-electron chi connectivity index (χ1n) is 9.46. The van der Waals surface area contributed by atoms with Crippen molar-refractivity contribution in [1.82, 2.24) is 10.2 Å². The molecule has 1 N–H and O–H groups in total. The molecule has 1 atom stereocenters. The van der Waals surface area contributed by atoms with Crippen molar-refractivity contribution >= 4 is 21.9 Å². The van der Waals surface area contributed by atoms with Gasteiger partial charge in [-0.25, -0.2) is 0 Å². The summed E-state index contributed by atoms with van der Waals surface area (Å²) in [6.07, 6.45) is 4.93. The van der Waals surface area contributed by atoms with Gasteiger partial charge in [-0.05, 0) is 43.9 Å². The van der Waals surface area contributed by atoms with Crippen molar-refractivity contribution in [2.45, 2.75) is 38.0 Å². The highest BCUT2D eigenvalue weighted by Gasteiger charge is 2.38. The topological polar surface area (TPSA) is 36.9 Å². The molecule has 25 heavy (non-hydrogen) atoms. The molecule has 0 radical (unpaired) electrons. The van der Waals surface area contributed by atoms with E-state index < -0.39 is 0 Å². The molecule has 0 aromatic heterocycles. The van der Waals surface area contributed by atoms with E-state index in [1.807, 2.05) is 0 Å². The monoisotopic (exact) mass is 407 g/mol. The Morgan fingerprint density at radius 1 is 1.36 bits per heavy atom. The maximum absolute atomic E-state index is 5.52. The second-order valence-electron chi connectivity index (χ2n) is 7.42. The van der Waals surface area contributed by atoms with Crippen LogP contribution in [0.15, 0.2) is 33.7 Å². The fraction of sp³-hybridized carbons (Fsp3) is 0.650. The average molecular weight is 408 g/mol. The molecule has 1 saturated heterocycles. The zero-order valence-corrected chi connectivity index (χ0v) is 17.0. The van der Waals surface area contributed by atoms with Gasteiger partial charge in [-0.1, -0.05) is 34.5 Å². The molecule has 1 heterocycles. The molecule has 0 spiro atoms. The second kappa shape index (κ2) is 8.54. The molecular formula is C20H30BrN3O. The number of ether oxygens (including phenoxy) is 1. The van der Waals surface area contributed by atoms with Crippen LogP contribution in [-0.2, 0) is 10.2 Å². The van der Waals surface area contributed by atoms with Crippen LogP contribution >= 0.6 is 15.9 Å². The minimum Gasteiger partial charge on any atom is -0.381 e. The van der Waals surface area contributed by atoms with Crippen LogP contribution in [0.4, 0.5) is 0 Å². The second-order valence-corrected chi connectivity index (χ2v) is 8.34. The largest absolute Gasteiger partial charge is 0.381 e. The predicted molar refractivity (Wildman–Crippen MR) is 107 cm³/mol. The standard InChI is InChI=1S/C20H30BrN3O/c1-3-22-19(24(2)13-16-9-12-25-14-16)23-15-20(10-4-11-20)17-5-7-18(21)8-6-17/h5-8,16H,3-4,9-15H2,1-2H3,(H,22,23). The van der Waals surface area contributed by atoms with Gasteiger partial charge in [-0.15, -0.1) is 0 Å². The number of rotatable bonds is 6. The van der Waals surface area contributed by atoms with Crippen LogP contribution in [0.2, 0.25) is 0 Å². The fourth-order valence-electron chi connectivity index (χ4n) is 3.84. The highest BCUT2D eigenvalue weighted by Crippen LogP contribution is 2.44. The van der Waals surface area contributed by atoms with Crippen LogP contribution in [0.3, 0.4) is 0 Å². The van der Waals surface area contributed by atoms with E-state index in [-0.39, 0.29) is 5.41 Å². The molecular weight excluding hydrogens is 378 g/mol. The molecule has 5 heteroatoms. The van der Waals surface area contributed by atoms with Gasteiger partial charge in [0.05, 0.1) is 13.2 Å². The Kier molecular flexibility index (Phi) is 6.39. The van der Waals surface area contributed by atoms with Crippen molar-refractivity contribution < 1.29 is 4.74 Å². The summed E-state index contributed by atoms with van der Waals surface area (Å²) in [5.74, 6) is 1.65. The van der Waals surface area contributed by atoms with Gasteiger partial charge in [-0.3, -0.25) is 4.99 Å². The molecule has 2 aliphatic rings. The zero-order valence-electron chi connectivity index (χ0n) is 15.4. The first-order valence-corrected chi connectivity index (χ1v) is 10.3. The molecule has 2 fully saturated rings. The highest BCUT2D eigenvalue weighted by atomic mass is 79.9. The van der Waals surface area contributed by atoms with Crippen LogP contribution in [0, 0.1) is 5.92 Å². The Morgan fingerprint density at radius 3 is 2.68 bits per heavy atom. The van der Waals surface area contributed by atoms with Gasteiger partial charge in [-0.2, -0.15) is 0 Å². The van der Waals surface area contributed by atoms with Crippen LogP contribution < -0.4 is 5.32 Å². The predicted octanol–water partition coefficient (Wildman–Crippen LogP) is 3.80. The maximum Gasteiger partial charge on any atom is 0.193 e. The Labute approximate surface area is 160 Å². The first kappa shape index (κ1) is 18.7. The van der Waals surface area contributed by atoms with Gasteiger partial charge in [0.15, 0.2) is 5.96 Å². The number of hydrogen-bond acceptors (Lipinski definition) is 2. The molecule has 1 aromatic carbocycles. The Bertz CT molecular complexity index is 577. The number of hydrogen-bond donors (Lipinski definition) is 1. The van der Waals surface area contributed by atoms with Gasteiger partial charge in [0.2, 0.25) is 0 Å². The minimum absolute atomic E-state index is 0.221. The van der Waals surface area contributed by atoms with Crippen molar-refractivity contribution in [1.29, 1.82) is 0 Å². The van der Waals surface area contributed by atoms with E-state index in [9.17, 15) is 0 Å². The molecule has 1 aliphatic heterocycles. The molecule has 0 amide bonds. The van der Waals surface area contributed by atoms with E-state index in [0.717, 1.165) is 49.7 Å². The number of guanidine groups is 1. The van der Waals surface area contributed by atoms with Crippen LogP contribution in [-0.4, -0.2) is 50.8 Å². The van der Waals surface area contributed by atoms with E-state index in [0.29, 0.717) is 5.92 Å². The van der Waals surface area contributed by atoms with E-state index >= 15 is 0 Å². The van der Waals surface area contributed by atoms with Crippen molar-refractivity contribution in [2.75, 3.05) is 39.9 Å². The van der Waals surface area contributed by atoms with Crippen molar-refractivity contribution in [3.05, 3.63) is 34.3 Å². The molecule has 1 aromatic rings. The smallest absolute Gasteiger partial charge is 0.193 e. The first-order chi connectivity index (χ1) is 12.1. The number of halogens is 1. The molecule has 0 bridgehead atoms. The SMILES string of the molecule is CCNC(=NCC1(c2ccc(Br)cc2)CCC1)N(C)CC1CCOC1. The highest BCUT2D eigenvalue weighted by molar-refractivity contribution is 9.10. The summed E-state index contributed by atoms with van der Waals surface area (Å²) in [7, 11) is 2.15. The quantitative estimate of drug-likeness (QED) is 0.575. The minimum atomic E-state index is 0.221. The van der Waals surface area contributed by atoms with Crippen LogP contribution in [0.5, 0.6) is 0 Å². The van der Waals surface area contributed by atoms with Crippen LogP contribution in [0.25, 0.3) is 0 Å². The van der Waals surface area contributed by atoms with Gasteiger partial charge in [0.1, 0.15) is 0 Å². The summed E-state index contributed by atoms with van der Waals surface area (Å²) in [6, 6.07) is 8.81. The third kappa shape index (κ3) is 4.56. The third-order valence-corrected chi connectivity index (χ3v) is 6.08. The summed E-state index contributed by atoms with van der Waals surface area (Å²) in [6.45, 7) is 6.69. The van der Waals surface area contributed by atoms with Gasteiger partial charge < -0.3 is 15.0 Å². The number of benzene rings is 1.